The van der Waals surface area contributed by atoms with E-state index < -0.39 is 0 Å². The van der Waals surface area contributed by atoms with E-state index in [1.165, 1.54) is 0 Å². The van der Waals surface area contributed by atoms with Crippen LogP contribution in [0.25, 0.3) is 22.1 Å². The van der Waals surface area contributed by atoms with E-state index in [1.54, 1.807) is 6.20 Å². The van der Waals surface area contributed by atoms with Crippen molar-refractivity contribution < 1.29 is 0 Å². The fourth-order valence-corrected chi connectivity index (χ4v) is 2.44. The second-order valence-corrected chi connectivity index (χ2v) is 6.08. The van der Waals surface area contributed by atoms with Crippen LogP contribution in [0.1, 0.15) is 0 Å². The van der Waals surface area contributed by atoms with Gasteiger partial charge in [0.1, 0.15) is 4.60 Å². The first-order valence-electron chi connectivity index (χ1n) is 6.61. The van der Waals surface area contributed by atoms with Crippen LogP contribution in [-0.2, 0) is 0 Å². The van der Waals surface area contributed by atoms with Gasteiger partial charge in [-0.25, -0.2) is 15.0 Å². The molecular weight excluding hydrogens is 406 g/mol. The van der Waals surface area contributed by atoms with Gasteiger partial charge in [-0.3, -0.25) is 0 Å². The van der Waals surface area contributed by atoms with Crippen molar-refractivity contribution in [1.29, 1.82) is 0 Å². The Morgan fingerprint density at radius 1 is 0.591 bits per heavy atom. The van der Waals surface area contributed by atoms with Gasteiger partial charge in [-0.1, -0.05) is 24.3 Å². The number of nitrogens with zero attached hydrogens (tertiary/aromatic N) is 3. The number of halogens is 2. The molecule has 3 nitrogen and oxygen atoms in total. The largest absolute Gasteiger partial charge is 0.248 e. The third-order valence-electron chi connectivity index (χ3n) is 2.96. The molecule has 0 spiro atoms. The summed E-state index contributed by atoms with van der Waals surface area (Å²) in [6.07, 6.45) is 1.73. The van der Waals surface area contributed by atoms with Crippen LogP contribution in [0.5, 0.6) is 0 Å². The monoisotopic (exact) mass is 415 g/mol. The van der Waals surface area contributed by atoms with E-state index in [1.807, 2.05) is 60.7 Å². The van der Waals surface area contributed by atoms with Gasteiger partial charge >= 0.3 is 0 Å². The van der Waals surface area contributed by atoms with Crippen molar-refractivity contribution >= 4 is 53.9 Å². The van der Waals surface area contributed by atoms with E-state index in [9.17, 15) is 0 Å². The molecule has 108 valence electrons. The van der Waals surface area contributed by atoms with E-state index in [2.05, 4.69) is 46.8 Å². The molecule has 0 saturated heterocycles. The van der Waals surface area contributed by atoms with Gasteiger partial charge in [-0.2, -0.15) is 0 Å². The van der Waals surface area contributed by atoms with Crippen LogP contribution in [0.15, 0.2) is 75.9 Å². The third kappa shape index (κ3) is 3.48. The lowest BCUT2D eigenvalue weighted by molar-refractivity contribution is 1.26. The van der Waals surface area contributed by atoms with Crippen LogP contribution < -0.4 is 0 Å². The summed E-state index contributed by atoms with van der Waals surface area (Å²) in [6.45, 7) is 0. The second kappa shape index (κ2) is 6.94. The molecule has 2 aromatic carbocycles. The molecule has 0 unspecified atom stereocenters. The highest BCUT2D eigenvalue weighted by Crippen LogP contribution is 2.18. The molecule has 0 aliphatic rings. The molecule has 0 atom stereocenters. The summed E-state index contributed by atoms with van der Waals surface area (Å²) in [7, 11) is 0. The van der Waals surface area contributed by atoms with Gasteiger partial charge in [0.2, 0.25) is 0 Å². The van der Waals surface area contributed by atoms with Crippen molar-refractivity contribution in [3.8, 4) is 0 Å². The number of fused-ring (bicyclic) bond motifs is 2. The molecule has 2 heterocycles. The van der Waals surface area contributed by atoms with E-state index in [-0.39, 0.29) is 0 Å². The van der Waals surface area contributed by atoms with Crippen LogP contribution in [-0.4, -0.2) is 15.0 Å². The fraction of sp³-hybridized carbons (Fsp3) is 0. The SMILES string of the molecule is Brc1cccnc1Br.c1ccc2nc3ccccc3nc2c1. The molecule has 0 bridgehead atoms. The Bertz CT molecular complexity index is 799. The van der Waals surface area contributed by atoms with Crippen molar-refractivity contribution in [1.82, 2.24) is 15.0 Å². The van der Waals surface area contributed by atoms with Crippen molar-refractivity contribution in [2.75, 3.05) is 0 Å². The van der Waals surface area contributed by atoms with Gasteiger partial charge < -0.3 is 0 Å². The molecule has 5 heteroatoms. The molecule has 4 rings (SSSR count). The Hall–Kier alpha value is -1.85. The fourth-order valence-electron chi connectivity index (χ4n) is 1.93. The zero-order valence-electron chi connectivity index (χ0n) is 11.4. The van der Waals surface area contributed by atoms with E-state index in [4.69, 9.17) is 0 Å². The molecule has 22 heavy (non-hydrogen) atoms. The first kappa shape index (κ1) is 15.1. The molecule has 0 N–H and O–H groups in total. The average molecular weight is 417 g/mol. The lowest BCUT2D eigenvalue weighted by Crippen LogP contribution is -1.85. The molecule has 2 aromatic heterocycles. The summed E-state index contributed by atoms with van der Waals surface area (Å²) >= 11 is 6.52. The van der Waals surface area contributed by atoms with Gasteiger partial charge in [0.05, 0.1) is 26.5 Å². The number of pyridine rings is 1. The lowest BCUT2D eigenvalue weighted by Gasteiger charge is -1.98. The van der Waals surface area contributed by atoms with Crippen LogP contribution >= 0.6 is 31.9 Å². The predicted molar refractivity (Wildman–Crippen MR) is 96.7 cm³/mol. The lowest BCUT2D eigenvalue weighted by atomic mass is 10.2. The number of para-hydroxylation sites is 4. The van der Waals surface area contributed by atoms with Gasteiger partial charge in [-0.05, 0) is 68.3 Å². The molecule has 0 saturated carbocycles. The molecule has 0 fully saturated rings. The Labute approximate surface area is 144 Å². The highest BCUT2D eigenvalue weighted by atomic mass is 79.9. The maximum atomic E-state index is 4.52. The molecule has 0 aliphatic heterocycles. The van der Waals surface area contributed by atoms with Crippen molar-refractivity contribution in [3.63, 3.8) is 0 Å². The van der Waals surface area contributed by atoms with Crippen molar-refractivity contribution in [3.05, 3.63) is 75.9 Å². The maximum Gasteiger partial charge on any atom is 0.120 e. The molecular formula is C17H11Br2N3. The summed E-state index contributed by atoms with van der Waals surface area (Å²) in [6, 6.07) is 19.6. The van der Waals surface area contributed by atoms with Crippen LogP contribution in [0, 0.1) is 0 Å². The molecule has 4 aromatic rings. The zero-order chi connectivity index (χ0) is 15.4. The minimum atomic E-state index is 0.847. The first-order chi connectivity index (χ1) is 10.7. The number of hydrogen-bond donors (Lipinski definition) is 0. The minimum Gasteiger partial charge on any atom is -0.248 e. The van der Waals surface area contributed by atoms with Crippen LogP contribution in [0.3, 0.4) is 0 Å². The maximum absolute atomic E-state index is 4.52. The van der Waals surface area contributed by atoms with Gasteiger partial charge in [0.25, 0.3) is 0 Å². The molecule has 0 radical (unpaired) electrons. The standard InChI is InChI=1S/C12H8N2.C5H3Br2N/c1-2-6-10-9(5-1)13-11-7-3-4-8-12(11)14-10;6-4-2-1-3-8-5(4)7/h1-8H;1-3H. The van der Waals surface area contributed by atoms with E-state index >= 15 is 0 Å². The quantitative estimate of drug-likeness (QED) is 0.285. The van der Waals surface area contributed by atoms with Crippen LogP contribution in [0.2, 0.25) is 0 Å². The number of hydrogen-bond acceptors (Lipinski definition) is 3. The summed E-state index contributed by atoms with van der Waals surface area (Å²) in [5.41, 5.74) is 3.80. The van der Waals surface area contributed by atoms with Crippen LogP contribution in [0.4, 0.5) is 0 Å². The van der Waals surface area contributed by atoms with E-state index in [0.29, 0.717) is 0 Å². The van der Waals surface area contributed by atoms with Crippen molar-refractivity contribution in [2.24, 2.45) is 0 Å². The third-order valence-corrected chi connectivity index (χ3v) is 4.76. The summed E-state index contributed by atoms with van der Waals surface area (Å²) in [5, 5.41) is 0. The number of aromatic nitrogens is 3. The minimum absolute atomic E-state index is 0.847. The Morgan fingerprint density at radius 3 is 1.36 bits per heavy atom. The first-order valence-corrected chi connectivity index (χ1v) is 8.20. The van der Waals surface area contributed by atoms with Gasteiger partial charge in [0, 0.05) is 6.20 Å². The highest BCUT2D eigenvalue weighted by molar-refractivity contribution is 9.13. The molecule has 0 amide bonds. The Morgan fingerprint density at radius 2 is 1.05 bits per heavy atom. The normalized spacial score (nSPS) is 10.3. The zero-order valence-corrected chi connectivity index (χ0v) is 14.6. The molecule has 0 aliphatic carbocycles. The van der Waals surface area contributed by atoms with Crippen molar-refractivity contribution in [2.45, 2.75) is 0 Å². The van der Waals surface area contributed by atoms with Gasteiger partial charge in [0.15, 0.2) is 0 Å². The Kier molecular flexibility index (Phi) is 4.75. The van der Waals surface area contributed by atoms with Gasteiger partial charge in [-0.15, -0.1) is 0 Å². The second-order valence-electron chi connectivity index (χ2n) is 4.48. The summed E-state index contributed by atoms with van der Waals surface area (Å²) in [4.78, 5) is 13.0. The number of benzene rings is 2. The summed E-state index contributed by atoms with van der Waals surface area (Å²) in [5.74, 6) is 0. The predicted octanol–water partition coefficient (Wildman–Crippen LogP) is 5.39. The smallest absolute Gasteiger partial charge is 0.120 e. The average Bonchev–Trinajstić information content (AvgIpc) is 2.56. The topological polar surface area (TPSA) is 38.7 Å². The number of rotatable bonds is 0. The Balaban J connectivity index is 0.000000154. The highest BCUT2D eigenvalue weighted by Gasteiger charge is 1.98. The van der Waals surface area contributed by atoms with E-state index in [0.717, 1.165) is 31.1 Å². The summed E-state index contributed by atoms with van der Waals surface area (Å²) < 4.78 is 1.83.